The Kier molecular flexibility index (Phi) is 5.85. The molecule has 4 aromatic rings. The van der Waals surface area contributed by atoms with Crippen LogP contribution in [0.5, 0.6) is 17.2 Å². The number of methoxy groups -OCH3 is 2. The number of rotatable bonds is 5. The summed E-state index contributed by atoms with van der Waals surface area (Å²) in [4.78, 5) is 32.6. The molecule has 36 heavy (non-hydrogen) atoms. The summed E-state index contributed by atoms with van der Waals surface area (Å²) < 4.78 is 11.3. The zero-order chi connectivity index (χ0) is 25.6. The number of fused-ring (bicyclic) bond motifs is 1. The van der Waals surface area contributed by atoms with Crippen LogP contribution in [-0.2, 0) is 9.59 Å². The molecule has 9 heteroatoms. The third kappa shape index (κ3) is 3.83. The van der Waals surface area contributed by atoms with Crippen LogP contribution in [-0.4, -0.2) is 41.1 Å². The number of benzene rings is 3. The number of hydrogen-bond acceptors (Lipinski definition) is 8. The molecule has 2 N–H and O–H groups in total. The fraction of sp³-hybridized carbons (Fsp3) is 0.148. The summed E-state index contributed by atoms with van der Waals surface area (Å²) in [5.41, 5.74) is 2.42. The van der Waals surface area contributed by atoms with E-state index in [1.54, 1.807) is 43.5 Å². The molecule has 1 saturated heterocycles. The number of phenols is 1. The Hall–Kier alpha value is -4.37. The normalized spacial score (nSPS) is 17.1. The number of phenolic OH excluding ortho intramolecular Hbond substituents is 1. The minimum absolute atomic E-state index is 0.0755. The van der Waals surface area contributed by atoms with Gasteiger partial charge < -0.3 is 19.7 Å². The number of Topliss-reactive ketones (excluding diaryl/α,β-unsaturated/α-hetero) is 1. The van der Waals surface area contributed by atoms with Gasteiger partial charge in [-0.2, -0.15) is 0 Å². The summed E-state index contributed by atoms with van der Waals surface area (Å²) >= 11 is 1.23. The first kappa shape index (κ1) is 23.4. The number of ether oxygens (including phenoxy) is 2. The number of aryl methyl sites for hydroxylation is 1. The van der Waals surface area contributed by atoms with Gasteiger partial charge in [0.05, 0.1) is 36.1 Å². The van der Waals surface area contributed by atoms with Crippen LogP contribution in [0.1, 0.15) is 22.7 Å². The second kappa shape index (κ2) is 9.01. The largest absolute Gasteiger partial charge is 0.507 e. The van der Waals surface area contributed by atoms with E-state index in [-0.39, 0.29) is 22.8 Å². The summed E-state index contributed by atoms with van der Waals surface area (Å²) in [5, 5.41) is 21.7. The average Bonchev–Trinajstić information content (AvgIpc) is 3.42. The molecule has 1 atom stereocenters. The first-order valence-electron chi connectivity index (χ1n) is 11.0. The highest BCUT2D eigenvalue weighted by atomic mass is 32.1. The van der Waals surface area contributed by atoms with E-state index >= 15 is 0 Å². The Morgan fingerprint density at radius 1 is 1.00 bits per heavy atom. The predicted molar refractivity (Wildman–Crippen MR) is 137 cm³/mol. The van der Waals surface area contributed by atoms with Crippen LogP contribution in [0, 0.1) is 6.92 Å². The van der Waals surface area contributed by atoms with Crippen molar-refractivity contribution in [2.45, 2.75) is 13.0 Å². The number of nitrogens with zero attached hydrogens (tertiary/aromatic N) is 2. The number of carbonyl (C=O) groups excluding carboxylic acids is 2. The van der Waals surface area contributed by atoms with E-state index in [1.165, 1.54) is 35.5 Å². The highest BCUT2D eigenvalue weighted by Crippen LogP contribution is 2.46. The van der Waals surface area contributed by atoms with Gasteiger partial charge in [0.1, 0.15) is 11.5 Å². The van der Waals surface area contributed by atoms with Gasteiger partial charge in [-0.25, -0.2) is 4.98 Å². The van der Waals surface area contributed by atoms with Crippen LogP contribution in [0.2, 0.25) is 0 Å². The summed E-state index contributed by atoms with van der Waals surface area (Å²) in [7, 11) is 2.97. The number of hydrogen-bond donors (Lipinski definition) is 2. The first-order valence-corrected chi connectivity index (χ1v) is 11.8. The van der Waals surface area contributed by atoms with E-state index in [9.17, 15) is 19.8 Å². The maximum absolute atomic E-state index is 13.4. The molecule has 1 fully saturated rings. The highest BCUT2D eigenvalue weighted by Gasteiger charge is 2.48. The number of thiazole rings is 1. The molecule has 1 aliphatic rings. The molecule has 0 aliphatic carbocycles. The maximum atomic E-state index is 13.4. The minimum atomic E-state index is -0.997. The van der Waals surface area contributed by atoms with E-state index in [0.717, 1.165) is 10.3 Å². The Morgan fingerprint density at radius 2 is 1.75 bits per heavy atom. The molecule has 8 nitrogen and oxygen atoms in total. The number of aromatic hydroxyl groups is 1. The summed E-state index contributed by atoms with van der Waals surface area (Å²) in [6.45, 7) is 1.91. The molecule has 5 rings (SSSR count). The van der Waals surface area contributed by atoms with Gasteiger partial charge in [0.25, 0.3) is 5.78 Å². The molecule has 0 bridgehead atoms. The summed E-state index contributed by atoms with van der Waals surface area (Å²) in [6.07, 6.45) is 0. The van der Waals surface area contributed by atoms with Crippen molar-refractivity contribution in [3.05, 3.63) is 82.9 Å². The number of anilines is 1. The SMILES string of the molecule is COc1ccc2nc(N3C(=O)C(=O)/C(=C(/O)c4ccc(C)cc4)C3c3ccc(O)c(OC)c3)sc2c1. The topological polar surface area (TPSA) is 109 Å². The maximum Gasteiger partial charge on any atom is 0.301 e. The van der Waals surface area contributed by atoms with E-state index in [4.69, 9.17) is 9.47 Å². The smallest absolute Gasteiger partial charge is 0.301 e. The molecular formula is C27H22N2O6S. The lowest BCUT2D eigenvalue weighted by atomic mass is 9.95. The molecule has 3 aromatic carbocycles. The first-order chi connectivity index (χ1) is 17.3. The van der Waals surface area contributed by atoms with Gasteiger partial charge in [0.2, 0.25) is 0 Å². The van der Waals surface area contributed by atoms with Crippen molar-refractivity contribution in [1.29, 1.82) is 0 Å². The average molecular weight is 503 g/mol. The van der Waals surface area contributed by atoms with Gasteiger partial charge in [-0.3, -0.25) is 14.5 Å². The molecule has 0 saturated carbocycles. The van der Waals surface area contributed by atoms with Crippen molar-refractivity contribution in [3.63, 3.8) is 0 Å². The fourth-order valence-electron chi connectivity index (χ4n) is 4.20. The van der Waals surface area contributed by atoms with Crippen LogP contribution in [0.4, 0.5) is 5.13 Å². The quantitative estimate of drug-likeness (QED) is 0.226. The molecule has 1 aliphatic heterocycles. The van der Waals surface area contributed by atoms with E-state index < -0.39 is 17.7 Å². The van der Waals surface area contributed by atoms with Crippen molar-refractivity contribution in [3.8, 4) is 17.2 Å². The number of aromatic nitrogens is 1. The predicted octanol–water partition coefficient (Wildman–Crippen LogP) is 4.95. The van der Waals surface area contributed by atoms with E-state index in [2.05, 4.69) is 4.98 Å². The Morgan fingerprint density at radius 3 is 2.44 bits per heavy atom. The van der Waals surface area contributed by atoms with Crippen molar-refractivity contribution in [2.75, 3.05) is 19.1 Å². The number of aliphatic hydroxyl groups is 1. The molecule has 0 spiro atoms. The molecule has 1 aromatic heterocycles. The van der Waals surface area contributed by atoms with Crippen LogP contribution >= 0.6 is 11.3 Å². The second-order valence-corrected chi connectivity index (χ2v) is 9.31. The summed E-state index contributed by atoms with van der Waals surface area (Å²) in [5.74, 6) is -1.23. The minimum Gasteiger partial charge on any atom is -0.507 e. The van der Waals surface area contributed by atoms with Crippen LogP contribution < -0.4 is 14.4 Å². The van der Waals surface area contributed by atoms with Crippen LogP contribution in [0.25, 0.3) is 16.0 Å². The molecule has 1 amide bonds. The number of carbonyl (C=O) groups is 2. The number of amides is 1. The van der Waals surface area contributed by atoms with Crippen molar-refractivity contribution >= 4 is 44.1 Å². The summed E-state index contributed by atoms with van der Waals surface area (Å²) in [6, 6.07) is 15.9. The Labute approximate surface area is 210 Å². The van der Waals surface area contributed by atoms with E-state index in [1.807, 2.05) is 19.1 Å². The van der Waals surface area contributed by atoms with Gasteiger partial charge in [-0.15, -0.1) is 0 Å². The van der Waals surface area contributed by atoms with Crippen molar-refractivity contribution in [2.24, 2.45) is 0 Å². The molecule has 1 unspecified atom stereocenters. The Bertz CT molecular complexity index is 1540. The lowest BCUT2D eigenvalue weighted by Gasteiger charge is -2.23. The van der Waals surface area contributed by atoms with Crippen LogP contribution in [0.3, 0.4) is 0 Å². The molecule has 182 valence electrons. The highest BCUT2D eigenvalue weighted by molar-refractivity contribution is 7.22. The molecular weight excluding hydrogens is 480 g/mol. The van der Waals surface area contributed by atoms with Gasteiger partial charge in [0, 0.05) is 5.56 Å². The zero-order valence-corrected chi connectivity index (χ0v) is 20.5. The lowest BCUT2D eigenvalue weighted by Crippen LogP contribution is -2.29. The van der Waals surface area contributed by atoms with E-state index in [0.29, 0.717) is 27.5 Å². The van der Waals surface area contributed by atoms with Gasteiger partial charge >= 0.3 is 5.91 Å². The zero-order valence-electron chi connectivity index (χ0n) is 19.7. The number of ketones is 1. The standard InChI is InChI=1S/C27H22N2O6S/c1-14-4-6-15(7-5-14)24(31)22-23(16-8-11-19(30)20(12-16)35-3)29(26(33)25(22)32)27-28-18-10-9-17(34-2)13-21(18)36-27/h4-13,23,30-31H,1-3H3/b24-22+. The van der Waals surface area contributed by atoms with Crippen molar-refractivity contribution < 1.29 is 29.3 Å². The Balaban J connectivity index is 1.74. The second-order valence-electron chi connectivity index (χ2n) is 8.30. The van der Waals surface area contributed by atoms with Gasteiger partial charge in [0.15, 0.2) is 16.6 Å². The molecule has 0 radical (unpaired) electrons. The third-order valence-corrected chi connectivity index (χ3v) is 7.10. The van der Waals surface area contributed by atoms with Gasteiger partial charge in [-0.1, -0.05) is 47.2 Å². The lowest BCUT2D eigenvalue weighted by molar-refractivity contribution is -0.132. The van der Waals surface area contributed by atoms with Crippen LogP contribution in [0.15, 0.2) is 66.2 Å². The number of aliphatic hydroxyl groups excluding tert-OH is 1. The third-order valence-electron chi connectivity index (χ3n) is 6.08. The van der Waals surface area contributed by atoms with Gasteiger partial charge in [-0.05, 0) is 42.8 Å². The fourth-order valence-corrected chi connectivity index (χ4v) is 5.22. The molecule has 2 heterocycles. The van der Waals surface area contributed by atoms with Crippen molar-refractivity contribution in [1.82, 2.24) is 4.98 Å². The monoisotopic (exact) mass is 502 g/mol.